The third-order valence-corrected chi connectivity index (χ3v) is 3.05. The number of benzene rings is 3. The predicted molar refractivity (Wildman–Crippen MR) is 75.0 cm³/mol. The lowest BCUT2D eigenvalue weighted by molar-refractivity contribution is 0.224. The molecule has 0 atom stereocenters. The molecular formula is C15H9ClO3. The number of halogens is 1. The van der Waals surface area contributed by atoms with Crippen LogP contribution in [0.15, 0.2) is 48.5 Å². The van der Waals surface area contributed by atoms with Crippen LogP contribution in [-0.4, -0.2) is 10.5 Å². The van der Waals surface area contributed by atoms with Crippen LogP contribution in [0.3, 0.4) is 0 Å². The molecule has 0 unspecified atom stereocenters. The van der Waals surface area contributed by atoms with Crippen LogP contribution in [0, 0.1) is 0 Å². The van der Waals surface area contributed by atoms with Gasteiger partial charge in [0.25, 0.3) is 0 Å². The fourth-order valence-corrected chi connectivity index (χ4v) is 2.21. The second kappa shape index (κ2) is 4.44. The van der Waals surface area contributed by atoms with Gasteiger partial charge in [-0.25, -0.2) is 4.79 Å². The summed E-state index contributed by atoms with van der Waals surface area (Å²) in [6, 6.07) is 15.0. The normalized spacial score (nSPS) is 10.8. The average Bonchev–Trinajstić information content (AvgIpc) is 2.37. The minimum absolute atomic E-state index is 0.0581. The maximum absolute atomic E-state index is 10.7. The van der Waals surface area contributed by atoms with Gasteiger partial charge in [0.2, 0.25) is 0 Å². The lowest BCUT2D eigenvalue weighted by Gasteiger charge is -2.07. The molecule has 0 aromatic heterocycles. The van der Waals surface area contributed by atoms with Crippen LogP contribution < -0.4 is 4.74 Å². The minimum Gasteiger partial charge on any atom is -0.504 e. The Bertz CT molecular complexity index is 796. The molecule has 0 aliphatic carbocycles. The first-order valence-corrected chi connectivity index (χ1v) is 6.04. The molecule has 19 heavy (non-hydrogen) atoms. The SMILES string of the molecule is O=C(Cl)Oc1cc2cc3ccccc3cc2cc1O. The van der Waals surface area contributed by atoms with Crippen molar-refractivity contribution in [2.45, 2.75) is 0 Å². The standard InChI is InChI=1S/C15H9ClO3/c16-15(18)19-14-8-12-6-10-4-2-1-3-9(10)5-11(12)7-13(14)17/h1-8,17H. The number of aromatic hydroxyl groups is 1. The van der Waals surface area contributed by atoms with Crippen LogP contribution in [0.1, 0.15) is 0 Å². The molecule has 3 nitrogen and oxygen atoms in total. The van der Waals surface area contributed by atoms with E-state index in [1.54, 1.807) is 12.1 Å². The Balaban J connectivity index is 2.26. The molecule has 0 fully saturated rings. The van der Waals surface area contributed by atoms with E-state index in [0.717, 1.165) is 21.5 Å². The first kappa shape index (κ1) is 11.8. The van der Waals surface area contributed by atoms with Crippen molar-refractivity contribution in [3.8, 4) is 11.5 Å². The van der Waals surface area contributed by atoms with Gasteiger partial charge >= 0.3 is 5.43 Å². The van der Waals surface area contributed by atoms with Crippen molar-refractivity contribution >= 4 is 38.6 Å². The smallest absolute Gasteiger partial charge is 0.409 e. The Kier molecular flexibility index (Phi) is 2.76. The van der Waals surface area contributed by atoms with Crippen LogP contribution in [0.5, 0.6) is 11.5 Å². The summed E-state index contributed by atoms with van der Waals surface area (Å²) in [5.74, 6) is -0.0560. The summed E-state index contributed by atoms with van der Waals surface area (Å²) in [5, 5.41) is 13.7. The molecule has 3 aromatic rings. The molecule has 0 saturated heterocycles. The summed E-state index contributed by atoms with van der Waals surface area (Å²) in [4.78, 5) is 10.7. The molecule has 0 heterocycles. The van der Waals surface area contributed by atoms with Gasteiger partial charge in [-0.3, -0.25) is 0 Å². The zero-order valence-corrected chi connectivity index (χ0v) is 10.5. The van der Waals surface area contributed by atoms with Gasteiger partial charge in [-0.05, 0) is 45.8 Å². The molecule has 0 amide bonds. The van der Waals surface area contributed by atoms with Gasteiger partial charge in [-0.1, -0.05) is 24.3 Å². The molecular weight excluding hydrogens is 264 g/mol. The second-order valence-electron chi connectivity index (χ2n) is 4.21. The van der Waals surface area contributed by atoms with Crippen molar-refractivity contribution in [3.63, 3.8) is 0 Å². The van der Waals surface area contributed by atoms with E-state index < -0.39 is 5.43 Å². The van der Waals surface area contributed by atoms with Gasteiger partial charge < -0.3 is 9.84 Å². The molecule has 0 aliphatic heterocycles. The maximum atomic E-state index is 10.7. The number of carbonyl (C=O) groups is 1. The summed E-state index contributed by atoms with van der Waals surface area (Å²) in [6.07, 6.45) is 0. The van der Waals surface area contributed by atoms with E-state index in [0.29, 0.717) is 0 Å². The zero-order valence-electron chi connectivity index (χ0n) is 9.76. The highest BCUT2D eigenvalue weighted by molar-refractivity contribution is 6.61. The van der Waals surface area contributed by atoms with Gasteiger partial charge in [-0.2, -0.15) is 0 Å². The quantitative estimate of drug-likeness (QED) is 0.526. The number of phenols is 1. The van der Waals surface area contributed by atoms with Crippen LogP contribution in [0.4, 0.5) is 4.79 Å². The molecule has 0 aliphatic rings. The number of fused-ring (bicyclic) bond motifs is 2. The molecule has 0 bridgehead atoms. The molecule has 4 heteroatoms. The lowest BCUT2D eigenvalue weighted by Crippen LogP contribution is -1.96. The molecule has 94 valence electrons. The number of ether oxygens (including phenoxy) is 1. The monoisotopic (exact) mass is 272 g/mol. The fourth-order valence-electron chi connectivity index (χ4n) is 2.13. The first-order chi connectivity index (χ1) is 9.13. The van der Waals surface area contributed by atoms with E-state index in [-0.39, 0.29) is 11.5 Å². The average molecular weight is 273 g/mol. The van der Waals surface area contributed by atoms with E-state index in [1.807, 2.05) is 36.4 Å². The van der Waals surface area contributed by atoms with E-state index >= 15 is 0 Å². The first-order valence-electron chi connectivity index (χ1n) is 5.66. The third kappa shape index (κ3) is 2.20. The van der Waals surface area contributed by atoms with Crippen molar-refractivity contribution < 1.29 is 14.6 Å². The number of hydrogen-bond acceptors (Lipinski definition) is 3. The molecule has 0 radical (unpaired) electrons. The summed E-state index contributed by atoms with van der Waals surface area (Å²) in [5.41, 5.74) is -0.976. The molecule has 3 rings (SSSR count). The molecule has 1 N–H and O–H groups in total. The number of rotatable bonds is 1. The maximum Gasteiger partial charge on any atom is 0.409 e. The highest BCUT2D eigenvalue weighted by Gasteiger charge is 2.09. The zero-order chi connectivity index (χ0) is 13.4. The second-order valence-corrected chi connectivity index (χ2v) is 4.51. The Morgan fingerprint density at radius 3 is 2.11 bits per heavy atom. The van der Waals surface area contributed by atoms with Gasteiger partial charge in [0.15, 0.2) is 11.5 Å². The van der Waals surface area contributed by atoms with Crippen LogP contribution in [0.25, 0.3) is 21.5 Å². The Labute approximate surface area is 114 Å². The van der Waals surface area contributed by atoms with Gasteiger partial charge in [-0.15, -0.1) is 0 Å². The number of phenolic OH excluding ortho intramolecular Hbond substituents is 1. The van der Waals surface area contributed by atoms with Crippen LogP contribution in [-0.2, 0) is 0 Å². The van der Waals surface area contributed by atoms with Gasteiger partial charge in [0.1, 0.15) is 0 Å². The topological polar surface area (TPSA) is 46.5 Å². The highest BCUT2D eigenvalue weighted by atomic mass is 35.5. The number of hydrogen-bond donors (Lipinski definition) is 1. The van der Waals surface area contributed by atoms with E-state index in [1.165, 1.54) is 0 Å². The molecule has 0 saturated carbocycles. The van der Waals surface area contributed by atoms with Crippen molar-refractivity contribution in [1.82, 2.24) is 0 Å². The van der Waals surface area contributed by atoms with Crippen molar-refractivity contribution in [2.24, 2.45) is 0 Å². The van der Waals surface area contributed by atoms with Crippen molar-refractivity contribution in [3.05, 3.63) is 48.5 Å². The van der Waals surface area contributed by atoms with Crippen LogP contribution in [0.2, 0.25) is 0 Å². The Morgan fingerprint density at radius 2 is 1.53 bits per heavy atom. The predicted octanol–water partition coefficient (Wildman–Crippen LogP) is 4.44. The van der Waals surface area contributed by atoms with Crippen molar-refractivity contribution in [2.75, 3.05) is 0 Å². The summed E-state index contributed by atoms with van der Waals surface area (Å²) < 4.78 is 4.74. The molecule has 0 spiro atoms. The van der Waals surface area contributed by atoms with E-state index in [2.05, 4.69) is 0 Å². The fraction of sp³-hybridized carbons (Fsp3) is 0. The van der Waals surface area contributed by atoms with Gasteiger partial charge in [0, 0.05) is 11.6 Å². The van der Waals surface area contributed by atoms with Crippen LogP contribution >= 0.6 is 11.6 Å². The minimum atomic E-state index is -0.976. The summed E-state index contributed by atoms with van der Waals surface area (Å²) in [6.45, 7) is 0. The summed E-state index contributed by atoms with van der Waals surface area (Å²) >= 11 is 5.16. The Hall–Kier alpha value is -2.26. The number of carbonyl (C=O) groups excluding carboxylic acids is 1. The Morgan fingerprint density at radius 1 is 0.947 bits per heavy atom. The van der Waals surface area contributed by atoms with E-state index in [4.69, 9.17) is 16.3 Å². The van der Waals surface area contributed by atoms with E-state index in [9.17, 15) is 9.90 Å². The molecule has 3 aromatic carbocycles. The highest BCUT2D eigenvalue weighted by Crippen LogP contribution is 2.33. The lowest BCUT2D eigenvalue weighted by atomic mass is 10.0. The third-order valence-electron chi connectivity index (χ3n) is 2.97. The van der Waals surface area contributed by atoms with Crippen molar-refractivity contribution in [1.29, 1.82) is 0 Å². The largest absolute Gasteiger partial charge is 0.504 e. The van der Waals surface area contributed by atoms with Gasteiger partial charge in [0.05, 0.1) is 0 Å². The summed E-state index contributed by atoms with van der Waals surface area (Å²) in [7, 11) is 0.